The van der Waals surface area contributed by atoms with Gasteiger partial charge in [-0.05, 0) is 37.0 Å². The van der Waals surface area contributed by atoms with Crippen molar-refractivity contribution in [2.24, 2.45) is 5.92 Å². The number of nitrogens with zero attached hydrogens (tertiary/aromatic N) is 2. The van der Waals surface area contributed by atoms with Crippen LogP contribution in [0.2, 0.25) is 0 Å². The van der Waals surface area contributed by atoms with Gasteiger partial charge in [-0.2, -0.15) is 0 Å². The molecule has 0 spiro atoms. The molecule has 1 N–H and O–H groups in total. The summed E-state index contributed by atoms with van der Waals surface area (Å²) in [6, 6.07) is 10.2. The lowest BCUT2D eigenvalue weighted by Gasteiger charge is -2.19. The number of benzene rings is 1. The van der Waals surface area contributed by atoms with Crippen LogP contribution in [0.15, 0.2) is 41.9 Å². The van der Waals surface area contributed by atoms with Crippen molar-refractivity contribution >= 4 is 28.1 Å². The number of para-hydroxylation sites is 1. The van der Waals surface area contributed by atoms with Crippen LogP contribution in [0.5, 0.6) is 0 Å². The van der Waals surface area contributed by atoms with Gasteiger partial charge in [-0.25, -0.2) is 4.98 Å². The third-order valence-electron chi connectivity index (χ3n) is 4.98. The van der Waals surface area contributed by atoms with Gasteiger partial charge in [0, 0.05) is 22.9 Å². The van der Waals surface area contributed by atoms with Gasteiger partial charge >= 0.3 is 0 Å². The molecule has 0 radical (unpaired) electrons. The minimum Gasteiger partial charge on any atom is -0.379 e. The van der Waals surface area contributed by atoms with Crippen molar-refractivity contribution in [1.29, 1.82) is 0 Å². The molecule has 0 unspecified atom stereocenters. The van der Waals surface area contributed by atoms with Crippen LogP contribution in [0, 0.1) is 5.92 Å². The van der Waals surface area contributed by atoms with E-state index in [1.165, 1.54) is 10.9 Å². The molecule has 6 heteroatoms. The number of rotatable bonds is 6. The summed E-state index contributed by atoms with van der Waals surface area (Å²) < 4.78 is 5.69. The van der Waals surface area contributed by atoms with Gasteiger partial charge in [-0.1, -0.05) is 25.1 Å². The van der Waals surface area contributed by atoms with Crippen LogP contribution in [0.4, 0.5) is 0 Å². The molecule has 2 atom stereocenters. The number of hydrogen-bond acceptors (Lipinski definition) is 5. The number of nitrogens with one attached hydrogen (secondary N) is 1. The Balaban J connectivity index is 1.46. The van der Waals surface area contributed by atoms with Crippen LogP contribution >= 0.6 is 11.3 Å². The van der Waals surface area contributed by atoms with E-state index in [1.54, 1.807) is 11.3 Å². The summed E-state index contributed by atoms with van der Waals surface area (Å²) in [5, 5.41) is 7.17. The molecule has 5 nitrogen and oxygen atoms in total. The monoisotopic (exact) mass is 381 g/mol. The number of aryl methyl sites for hydroxylation is 1. The number of carbonyl (C=O) groups excluding carboxylic acids is 1. The standard InChI is InChI=1S/C21H23N3O2S/c1-2-5-20-23-19(13-27-20)21(25)24-18-12-26-11-15(18)10-14-8-9-22-17-7-4-3-6-16(14)17/h3-4,6-9,13,15,18H,2,5,10-12H2,1H3,(H,24,25)/t15-,18+/m1/s1. The molecule has 3 aromatic rings. The molecular formula is C21H23N3O2S. The summed E-state index contributed by atoms with van der Waals surface area (Å²) in [4.78, 5) is 21.5. The minimum absolute atomic E-state index is 0.000697. The molecule has 4 rings (SSSR count). The van der Waals surface area contributed by atoms with E-state index in [-0.39, 0.29) is 17.9 Å². The molecule has 0 aliphatic carbocycles. The van der Waals surface area contributed by atoms with Crippen molar-refractivity contribution in [1.82, 2.24) is 15.3 Å². The van der Waals surface area contributed by atoms with E-state index in [9.17, 15) is 4.79 Å². The number of pyridine rings is 1. The Morgan fingerprint density at radius 3 is 3.07 bits per heavy atom. The number of hydrogen-bond donors (Lipinski definition) is 1. The quantitative estimate of drug-likeness (QED) is 0.708. The highest BCUT2D eigenvalue weighted by Crippen LogP contribution is 2.24. The van der Waals surface area contributed by atoms with Gasteiger partial charge in [0.15, 0.2) is 0 Å². The third kappa shape index (κ3) is 4.01. The highest BCUT2D eigenvalue weighted by atomic mass is 32.1. The van der Waals surface area contributed by atoms with Crippen LogP contribution in [0.25, 0.3) is 10.9 Å². The molecule has 1 fully saturated rings. The van der Waals surface area contributed by atoms with Crippen LogP contribution in [-0.4, -0.2) is 35.1 Å². The van der Waals surface area contributed by atoms with Crippen molar-refractivity contribution in [2.75, 3.05) is 13.2 Å². The highest BCUT2D eigenvalue weighted by Gasteiger charge is 2.30. The predicted octanol–water partition coefficient (Wildman–Crippen LogP) is 3.63. The minimum atomic E-state index is -0.103. The maximum Gasteiger partial charge on any atom is 0.271 e. The average Bonchev–Trinajstić information content (AvgIpc) is 3.32. The van der Waals surface area contributed by atoms with Crippen molar-refractivity contribution in [3.8, 4) is 0 Å². The van der Waals surface area contributed by atoms with Crippen molar-refractivity contribution < 1.29 is 9.53 Å². The smallest absolute Gasteiger partial charge is 0.271 e. The zero-order chi connectivity index (χ0) is 18.6. The molecule has 0 saturated carbocycles. The van der Waals surface area contributed by atoms with Gasteiger partial charge in [0.1, 0.15) is 5.69 Å². The van der Waals surface area contributed by atoms with Crippen molar-refractivity contribution in [3.05, 3.63) is 58.2 Å². The van der Waals surface area contributed by atoms with Gasteiger partial charge in [-0.3, -0.25) is 9.78 Å². The molecule has 1 aliphatic heterocycles. The highest BCUT2D eigenvalue weighted by molar-refractivity contribution is 7.09. The summed E-state index contributed by atoms with van der Waals surface area (Å²) in [5.41, 5.74) is 2.76. The first-order chi connectivity index (χ1) is 13.2. The molecule has 1 amide bonds. The zero-order valence-corrected chi connectivity index (χ0v) is 16.2. The largest absolute Gasteiger partial charge is 0.379 e. The van der Waals surface area contributed by atoms with Crippen molar-refractivity contribution in [2.45, 2.75) is 32.2 Å². The summed E-state index contributed by atoms with van der Waals surface area (Å²) >= 11 is 1.56. The van der Waals surface area contributed by atoms with Gasteiger partial charge in [0.05, 0.1) is 29.8 Å². The fourth-order valence-corrected chi connectivity index (χ4v) is 4.44. The van der Waals surface area contributed by atoms with E-state index in [1.807, 2.05) is 29.8 Å². The lowest BCUT2D eigenvalue weighted by atomic mass is 9.93. The summed E-state index contributed by atoms with van der Waals surface area (Å²) in [6.45, 7) is 3.32. The van der Waals surface area contributed by atoms with Gasteiger partial charge in [0.25, 0.3) is 5.91 Å². The number of fused-ring (bicyclic) bond motifs is 1. The molecular weight excluding hydrogens is 358 g/mol. The summed E-state index contributed by atoms with van der Waals surface area (Å²) in [5.74, 6) is 0.141. The van der Waals surface area contributed by atoms with Crippen LogP contribution in [0.3, 0.4) is 0 Å². The van der Waals surface area contributed by atoms with Crippen LogP contribution in [-0.2, 0) is 17.6 Å². The Morgan fingerprint density at radius 1 is 1.30 bits per heavy atom. The Bertz CT molecular complexity index is 935. The Kier molecular flexibility index (Phi) is 5.45. The summed E-state index contributed by atoms with van der Waals surface area (Å²) in [6.07, 6.45) is 4.66. The van der Waals surface area contributed by atoms with Crippen LogP contribution < -0.4 is 5.32 Å². The molecule has 27 heavy (non-hydrogen) atoms. The lowest BCUT2D eigenvalue weighted by Crippen LogP contribution is -2.40. The maximum absolute atomic E-state index is 12.6. The fraction of sp³-hybridized carbons (Fsp3) is 0.381. The number of ether oxygens (including phenoxy) is 1. The van der Waals surface area contributed by atoms with E-state index in [0.29, 0.717) is 18.9 Å². The van der Waals surface area contributed by atoms with Crippen LogP contribution in [0.1, 0.15) is 34.4 Å². The van der Waals surface area contributed by atoms with E-state index >= 15 is 0 Å². The molecule has 0 bridgehead atoms. The maximum atomic E-state index is 12.6. The topological polar surface area (TPSA) is 64.1 Å². The second-order valence-corrected chi connectivity index (χ2v) is 7.89. The number of aromatic nitrogens is 2. The van der Waals surface area contributed by atoms with E-state index < -0.39 is 0 Å². The first-order valence-corrected chi connectivity index (χ1v) is 10.3. The molecule has 2 aromatic heterocycles. The van der Waals surface area contributed by atoms with E-state index in [4.69, 9.17) is 4.74 Å². The average molecular weight is 382 g/mol. The molecule has 3 heterocycles. The molecule has 1 saturated heterocycles. The van der Waals surface area contributed by atoms with Gasteiger partial charge in [-0.15, -0.1) is 11.3 Å². The third-order valence-corrected chi connectivity index (χ3v) is 5.89. The molecule has 140 valence electrons. The lowest BCUT2D eigenvalue weighted by molar-refractivity contribution is 0.0920. The zero-order valence-electron chi connectivity index (χ0n) is 15.4. The van der Waals surface area contributed by atoms with Crippen molar-refractivity contribution in [3.63, 3.8) is 0 Å². The Labute approximate surface area is 162 Å². The molecule has 1 aliphatic rings. The number of amides is 1. The first-order valence-electron chi connectivity index (χ1n) is 9.40. The first kappa shape index (κ1) is 18.1. The molecule has 1 aromatic carbocycles. The SMILES string of the molecule is CCCc1nc(C(=O)N[C@H]2COC[C@H]2Cc2ccnc3ccccc23)cs1. The number of carbonyl (C=O) groups is 1. The van der Waals surface area contributed by atoms with E-state index in [0.717, 1.165) is 29.8 Å². The Morgan fingerprint density at radius 2 is 2.19 bits per heavy atom. The predicted molar refractivity (Wildman–Crippen MR) is 107 cm³/mol. The van der Waals surface area contributed by atoms with Gasteiger partial charge in [0.2, 0.25) is 0 Å². The normalized spacial score (nSPS) is 19.4. The van der Waals surface area contributed by atoms with E-state index in [2.05, 4.69) is 34.3 Å². The summed E-state index contributed by atoms with van der Waals surface area (Å²) in [7, 11) is 0. The second-order valence-electron chi connectivity index (χ2n) is 6.95. The second kappa shape index (κ2) is 8.15. The Hall–Kier alpha value is -2.31. The van der Waals surface area contributed by atoms with Gasteiger partial charge < -0.3 is 10.1 Å². The number of thiazole rings is 1. The fourth-order valence-electron chi connectivity index (χ4n) is 3.56.